The Labute approximate surface area is 286 Å². The SMILES string of the molecule is CCCCCCCCC=CCCCCCCCCNC(=O)O[C@@H]1CC[C@@]2(C)C(CCC3C2CC[C@@]2(C)C3CC[C@@H]2[C@H](C)CCC)C1. The van der Waals surface area contributed by atoms with Crippen LogP contribution in [0, 0.1) is 46.3 Å². The average Bonchev–Trinajstić information content (AvgIpc) is 3.40. The fourth-order valence-electron chi connectivity index (χ4n) is 11.7. The van der Waals surface area contributed by atoms with E-state index in [0.29, 0.717) is 10.8 Å². The molecule has 4 aliphatic rings. The Morgan fingerprint density at radius 1 is 0.739 bits per heavy atom. The molecule has 4 aliphatic carbocycles. The molecule has 1 N–H and O–H groups in total. The Balaban J connectivity index is 1.05. The lowest BCUT2D eigenvalue weighted by molar-refractivity contribution is -0.129. The van der Waals surface area contributed by atoms with E-state index in [4.69, 9.17) is 4.74 Å². The number of carbonyl (C=O) groups is 1. The van der Waals surface area contributed by atoms with Gasteiger partial charge < -0.3 is 10.1 Å². The van der Waals surface area contributed by atoms with Gasteiger partial charge in [0.05, 0.1) is 0 Å². The minimum absolute atomic E-state index is 0.120. The summed E-state index contributed by atoms with van der Waals surface area (Å²) in [6.45, 7) is 13.3. The first-order valence-corrected chi connectivity index (χ1v) is 20.9. The Kier molecular flexibility index (Phi) is 15.8. The molecule has 3 nitrogen and oxygen atoms in total. The van der Waals surface area contributed by atoms with E-state index in [1.165, 1.54) is 141 Å². The van der Waals surface area contributed by atoms with E-state index in [1.807, 2.05) is 0 Å². The van der Waals surface area contributed by atoms with Crippen molar-refractivity contribution in [2.45, 2.75) is 201 Å². The number of carbonyl (C=O) groups excluding carboxylic acids is 1. The second-order valence-electron chi connectivity index (χ2n) is 17.3. The van der Waals surface area contributed by atoms with E-state index in [1.54, 1.807) is 0 Å². The van der Waals surface area contributed by atoms with Crippen LogP contribution in [0.3, 0.4) is 0 Å². The molecular formula is C43H77NO2. The standard InChI is InChI=1S/C43H77NO2/c1-6-8-9-10-11-12-13-14-15-16-17-18-19-20-21-22-32-44-41(45)46-36-28-30-42(4)35(33-36)24-25-37-39-27-26-38(34(3)23-7-2)43(39,5)31-29-40(37)42/h14-15,34-40H,6-13,16-33H2,1-5H3,(H,44,45)/t34-,35?,36-,37?,38-,39?,40?,42+,43-/m1/s1. The maximum atomic E-state index is 12.7. The zero-order chi connectivity index (χ0) is 32.8. The van der Waals surface area contributed by atoms with E-state index >= 15 is 0 Å². The van der Waals surface area contributed by atoms with Gasteiger partial charge in [0.15, 0.2) is 0 Å². The molecule has 46 heavy (non-hydrogen) atoms. The highest BCUT2D eigenvalue weighted by Crippen LogP contribution is 2.68. The van der Waals surface area contributed by atoms with E-state index in [0.717, 1.165) is 61.3 Å². The molecule has 4 fully saturated rings. The first-order chi connectivity index (χ1) is 22.3. The predicted molar refractivity (Wildman–Crippen MR) is 197 cm³/mol. The smallest absolute Gasteiger partial charge is 0.407 e. The van der Waals surface area contributed by atoms with E-state index < -0.39 is 0 Å². The Bertz CT molecular complexity index is 899. The number of nitrogens with one attached hydrogen (secondary N) is 1. The van der Waals surface area contributed by atoms with Gasteiger partial charge in [0.2, 0.25) is 0 Å². The maximum Gasteiger partial charge on any atom is 0.407 e. The van der Waals surface area contributed by atoms with Crippen LogP contribution in [-0.2, 0) is 4.74 Å². The Morgan fingerprint density at radius 3 is 2.07 bits per heavy atom. The molecule has 0 aromatic heterocycles. The van der Waals surface area contributed by atoms with Crippen LogP contribution in [-0.4, -0.2) is 18.7 Å². The van der Waals surface area contributed by atoms with E-state index in [2.05, 4.69) is 52.1 Å². The molecular weight excluding hydrogens is 562 g/mol. The largest absolute Gasteiger partial charge is 0.446 e. The van der Waals surface area contributed by atoms with Crippen LogP contribution in [0.4, 0.5) is 4.79 Å². The van der Waals surface area contributed by atoms with Gasteiger partial charge in [-0.15, -0.1) is 0 Å². The normalized spacial score (nSPS) is 34.5. The average molecular weight is 640 g/mol. The maximum absolute atomic E-state index is 12.7. The summed E-state index contributed by atoms with van der Waals surface area (Å²) in [6, 6.07) is 0. The zero-order valence-corrected chi connectivity index (χ0v) is 31.4. The van der Waals surface area contributed by atoms with Gasteiger partial charge >= 0.3 is 6.09 Å². The van der Waals surface area contributed by atoms with Crippen molar-refractivity contribution >= 4 is 6.09 Å². The number of rotatable bonds is 20. The van der Waals surface area contributed by atoms with Crippen LogP contribution in [0.25, 0.3) is 0 Å². The number of fused-ring (bicyclic) bond motifs is 5. The minimum Gasteiger partial charge on any atom is -0.446 e. The van der Waals surface area contributed by atoms with Gasteiger partial charge in [-0.2, -0.15) is 0 Å². The highest BCUT2D eigenvalue weighted by molar-refractivity contribution is 5.67. The van der Waals surface area contributed by atoms with Crippen LogP contribution < -0.4 is 5.32 Å². The quantitative estimate of drug-likeness (QED) is 0.106. The molecule has 0 aromatic carbocycles. The zero-order valence-electron chi connectivity index (χ0n) is 31.4. The summed E-state index contributed by atoms with van der Waals surface area (Å²) < 4.78 is 6.04. The van der Waals surface area contributed by atoms with Crippen LogP contribution >= 0.6 is 0 Å². The third-order valence-electron chi connectivity index (χ3n) is 14.4. The second kappa shape index (κ2) is 19.3. The molecule has 4 saturated carbocycles. The monoisotopic (exact) mass is 640 g/mol. The first-order valence-electron chi connectivity index (χ1n) is 20.9. The van der Waals surface area contributed by atoms with Crippen molar-refractivity contribution in [3.63, 3.8) is 0 Å². The Morgan fingerprint density at radius 2 is 1.37 bits per heavy atom. The van der Waals surface area contributed by atoms with E-state index in [9.17, 15) is 4.79 Å². The number of ether oxygens (including phenoxy) is 1. The van der Waals surface area contributed by atoms with Crippen LogP contribution in [0.1, 0.15) is 195 Å². The number of allylic oxidation sites excluding steroid dienone is 2. The molecule has 0 radical (unpaired) electrons. The molecule has 4 unspecified atom stereocenters. The molecule has 0 spiro atoms. The highest BCUT2D eigenvalue weighted by Gasteiger charge is 2.60. The molecule has 1 amide bonds. The van der Waals surface area contributed by atoms with Gasteiger partial charge in [0.25, 0.3) is 0 Å². The van der Waals surface area contributed by atoms with Crippen molar-refractivity contribution in [2.24, 2.45) is 46.3 Å². The number of amides is 1. The van der Waals surface area contributed by atoms with Crippen LogP contribution in [0.2, 0.25) is 0 Å². The summed E-state index contributed by atoms with van der Waals surface area (Å²) in [4.78, 5) is 12.7. The second-order valence-corrected chi connectivity index (χ2v) is 17.3. The lowest BCUT2D eigenvalue weighted by atomic mass is 9.44. The van der Waals surface area contributed by atoms with Gasteiger partial charge in [-0.05, 0) is 136 Å². The van der Waals surface area contributed by atoms with Gasteiger partial charge in [0, 0.05) is 6.54 Å². The van der Waals surface area contributed by atoms with Gasteiger partial charge in [-0.3, -0.25) is 0 Å². The number of hydrogen-bond acceptors (Lipinski definition) is 2. The highest BCUT2D eigenvalue weighted by atomic mass is 16.6. The van der Waals surface area contributed by atoms with Crippen molar-refractivity contribution in [1.82, 2.24) is 5.32 Å². The van der Waals surface area contributed by atoms with Crippen molar-refractivity contribution in [3.05, 3.63) is 12.2 Å². The summed E-state index contributed by atoms with van der Waals surface area (Å²) in [5.41, 5.74) is 1.04. The first kappa shape index (κ1) is 37.8. The molecule has 0 aliphatic heterocycles. The number of hydrogen-bond donors (Lipinski definition) is 1. The lowest BCUT2D eigenvalue weighted by Gasteiger charge is -2.61. The molecule has 0 saturated heterocycles. The van der Waals surface area contributed by atoms with Crippen molar-refractivity contribution in [1.29, 1.82) is 0 Å². The number of alkyl carbamates (subject to hydrolysis) is 1. The van der Waals surface area contributed by atoms with Crippen molar-refractivity contribution < 1.29 is 9.53 Å². The van der Waals surface area contributed by atoms with Gasteiger partial charge in [-0.25, -0.2) is 4.79 Å². The molecule has 3 heteroatoms. The molecule has 266 valence electrons. The molecule has 4 rings (SSSR count). The lowest BCUT2D eigenvalue weighted by Crippen LogP contribution is -2.54. The van der Waals surface area contributed by atoms with E-state index in [-0.39, 0.29) is 12.2 Å². The predicted octanol–water partition coefficient (Wildman–Crippen LogP) is 13.2. The molecule has 0 aromatic rings. The van der Waals surface area contributed by atoms with Crippen LogP contribution in [0.5, 0.6) is 0 Å². The van der Waals surface area contributed by atoms with Gasteiger partial charge in [0.1, 0.15) is 6.10 Å². The van der Waals surface area contributed by atoms with Crippen LogP contribution in [0.15, 0.2) is 12.2 Å². The summed E-state index contributed by atoms with van der Waals surface area (Å²) in [6.07, 6.45) is 38.0. The fraction of sp³-hybridized carbons (Fsp3) is 0.930. The fourth-order valence-corrected chi connectivity index (χ4v) is 11.7. The van der Waals surface area contributed by atoms with Gasteiger partial charge in [-0.1, -0.05) is 117 Å². The van der Waals surface area contributed by atoms with Crippen molar-refractivity contribution in [3.8, 4) is 0 Å². The topological polar surface area (TPSA) is 38.3 Å². The Hall–Kier alpha value is -0.990. The summed E-state index contributed by atoms with van der Waals surface area (Å²) in [5.74, 6) is 5.36. The number of unbranched alkanes of at least 4 members (excludes halogenated alkanes) is 12. The summed E-state index contributed by atoms with van der Waals surface area (Å²) in [7, 11) is 0. The third kappa shape index (κ3) is 10.0. The molecule has 0 bridgehead atoms. The summed E-state index contributed by atoms with van der Waals surface area (Å²) >= 11 is 0. The molecule has 0 heterocycles. The van der Waals surface area contributed by atoms with Crippen molar-refractivity contribution in [2.75, 3.05) is 6.54 Å². The minimum atomic E-state index is -0.165. The summed E-state index contributed by atoms with van der Waals surface area (Å²) in [5, 5.41) is 3.09. The third-order valence-corrected chi connectivity index (χ3v) is 14.4. The molecule has 9 atom stereocenters.